The Morgan fingerprint density at radius 3 is 2.89 bits per heavy atom. The van der Waals surface area contributed by atoms with Crippen LogP contribution < -0.4 is 5.32 Å². The molecule has 0 aliphatic heterocycles. The first-order chi connectivity index (χ1) is 8.88. The lowest BCUT2D eigenvalue weighted by Crippen LogP contribution is -2.08. The minimum Gasteiger partial charge on any atom is -0.339 e. The molecule has 1 aromatic carbocycles. The Hall–Kier alpha value is -1.33. The van der Waals surface area contributed by atoms with E-state index in [0.29, 0.717) is 0 Å². The summed E-state index contributed by atoms with van der Waals surface area (Å²) in [5, 5.41) is 7.08. The van der Waals surface area contributed by atoms with Crippen molar-refractivity contribution in [3.8, 4) is 0 Å². The van der Waals surface area contributed by atoms with Crippen LogP contribution >= 0.6 is 11.8 Å². The number of nitrogens with zero attached hydrogens (tertiary/aromatic N) is 2. The number of benzene rings is 1. The van der Waals surface area contributed by atoms with Crippen LogP contribution in [0.15, 0.2) is 39.8 Å². The van der Waals surface area contributed by atoms with E-state index in [4.69, 9.17) is 4.52 Å². The molecule has 0 fully saturated rings. The van der Waals surface area contributed by atoms with Crippen LogP contribution in [-0.2, 0) is 12.2 Å². The highest BCUT2D eigenvalue weighted by Crippen LogP contribution is 2.20. The Labute approximate surface area is 111 Å². The molecule has 0 aliphatic rings. The number of hydrogen-bond donors (Lipinski definition) is 1. The van der Waals surface area contributed by atoms with E-state index in [1.54, 1.807) is 11.8 Å². The molecule has 0 radical (unpaired) electrons. The highest BCUT2D eigenvalue weighted by molar-refractivity contribution is 7.98. The Morgan fingerprint density at radius 1 is 1.28 bits per heavy atom. The van der Waals surface area contributed by atoms with Gasteiger partial charge >= 0.3 is 0 Å². The number of hydrogen-bond acceptors (Lipinski definition) is 5. The minimum atomic E-state index is 0.730. The van der Waals surface area contributed by atoms with Gasteiger partial charge in [-0.3, -0.25) is 0 Å². The molecule has 1 heterocycles. The first-order valence-corrected chi connectivity index (χ1v) is 7.01. The van der Waals surface area contributed by atoms with Gasteiger partial charge in [-0.15, -0.1) is 11.8 Å². The molecule has 0 aliphatic carbocycles. The highest BCUT2D eigenvalue weighted by atomic mass is 32.2. The summed E-state index contributed by atoms with van der Waals surface area (Å²) in [6.45, 7) is 0.969. The van der Waals surface area contributed by atoms with E-state index in [1.807, 2.05) is 25.2 Å². The van der Waals surface area contributed by atoms with Crippen LogP contribution in [0.25, 0.3) is 0 Å². The van der Waals surface area contributed by atoms with Gasteiger partial charge in [0.25, 0.3) is 0 Å². The van der Waals surface area contributed by atoms with E-state index >= 15 is 0 Å². The average molecular weight is 263 g/mol. The Bertz CT molecular complexity index is 458. The van der Waals surface area contributed by atoms with Crippen molar-refractivity contribution in [2.75, 3.05) is 13.6 Å². The fourth-order valence-corrected chi connectivity index (χ4v) is 2.29. The molecule has 0 amide bonds. The highest BCUT2D eigenvalue weighted by Gasteiger charge is 2.06. The van der Waals surface area contributed by atoms with Crippen LogP contribution in [0, 0.1) is 0 Å². The molecule has 1 aromatic heterocycles. The second-order valence-corrected chi connectivity index (χ2v) is 4.96. The first kappa shape index (κ1) is 13.1. The van der Waals surface area contributed by atoms with Crippen molar-refractivity contribution >= 4 is 11.8 Å². The summed E-state index contributed by atoms with van der Waals surface area (Å²) in [5.74, 6) is 2.25. The molecule has 4 nitrogen and oxygen atoms in total. The molecule has 5 heteroatoms. The van der Waals surface area contributed by atoms with Gasteiger partial charge in [0.05, 0.1) is 5.75 Å². The summed E-state index contributed by atoms with van der Waals surface area (Å²) < 4.78 is 5.20. The van der Waals surface area contributed by atoms with Crippen LogP contribution in [0.1, 0.15) is 18.1 Å². The Balaban J connectivity index is 1.80. The lowest BCUT2D eigenvalue weighted by Gasteiger charge is -1.96. The molecule has 96 valence electrons. The third-order valence-corrected chi connectivity index (χ3v) is 3.45. The maximum absolute atomic E-state index is 5.20. The van der Waals surface area contributed by atoms with Crippen LogP contribution in [0.2, 0.25) is 0 Å². The maximum Gasteiger partial charge on any atom is 0.226 e. The van der Waals surface area contributed by atoms with E-state index in [9.17, 15) is 0 Å². The third kappa shape index (κ3) is 4.16. The smallest absolute Gasteiger partial charge is 0.226 e. The fourth-order valence-electron chi connectivity index (χ4n) is 1.53. The quantitative estimate of drug-likeness (QED) is 0.614. The average Bonchev–Trinajstić information content (AvgIpc) is 2.86. The van der Waals surface area contributed by atoms with Crippen molar-refractivity contribution in [2.24, 2.45) is 0 Å². The van der Waals surface area contributed by atoms with Crippen LogP contribution in [0.3, 0.4) is 0 Å². The molecule has 18 heavy (non-hydrogen) atoms. The number of aromatic nitrogens is 2. The maximum atomic E-state index is 5.20. The Morgan fingerprint density at radius 2 is 2.11 bits per heavy atom. The lowest BCUT2D eigenvalue weighted by atomic mass is 10.3. The van der Waals surface area contributed by atoms with Crippen molar-refractivity contribution in [2.45, 2.75) is 23.5 Å². The molecule has 0 atom stereocenters. The molecule has 0 saturated carbocycles. The van der Waals surface area contributed by atoms with Gasteiger partial charge in [-0.25, -0.2) is 0 Å². The van der Waals surface area contributed by atoms with Crippen molar-refractivity contribution in [3.05, 3.63) is 42.0 Å². The van der Waals surface area contributed by atoms with Crippen molar-refractivity contribution in [1.82, 2.24) is 15.5 Å². The summed E-state index contributed by atoms with van der Waals surface area (Å²) in [6, 6.07) is 10.2. The SMILES string of the molecule is CNCCCc1nc(CSc2ccccc2)no1. The number of nitrogens with one attached hydrogen (secondary N) is 1. The van der Waals surface area contributed by atoms with Gasteiger partial charge in [0.15, 0.2) is 5.82 Å². The summed E-state index contributed by atoms with van der Waals surface area (Å²) in [5.41, 5.74) is 0. The Kier molecular flexibility index (Phi) is 5.23. The van der Waals surface area contributed by atoms with Crippen LogP contribution in [0.4, 0.5) is 0 Å². The van der Waals surface area contributed by atoms with Crippen molar-refractivity contribution < 1.29 is 4.52 Å². The third-order valence-electron chi connectivity index (χ3n) is 2.44. The fraction of sp³-hybridized carbons (Fsp3) is 0.385. The molecular formula is C13H17N3OS. The normalized spacial score (nSPS) is 10.7. The topological polar surface area (TPSA) is 51.0 Å². The second kappa shape index (κ2) is 7.18. The van der Waals surface area contributed by atoms with Gasteiger partial charge in [-0.2, -0.15) is 4.98 Å². The second-order valence-electron chi connectivity index (χ2n) is 3.91. The number of thioether (sulfide) groups is 1. The van der Waals surface area contributed by atoms with Gasteiger partial charge < -0.3 is 9.84 Å². The monoisotopic (exact) mass is 263 g/mol. The molecule has 2 aromatic rings. The van der Waals surface area contributed by atoms with Crippen LogP contribution in [0.5, 0.6) is 0 Å². The molecule has 0 unspecified atom stereocenters. The van der Waals surface area contributed by atoms with Crippen LogP contribution in [-0.4, -0.2) is 23.7 Å². The largest absolute Gasteiger partial charge is 0.339 e. The summed E-state index contributed by atoms with van der Waals surface area (Å²) in [4.78, 5) is 5.59. The zero-order valence-corrected chi connectivity index (χ0v) is 11.2. The van der Waals surface area contributed by atoms with Gasteiger partial charge in [0.2, 0.25) is 5.89 Å². The first-order valence-electron chi connectivity index (χ1n) is 6.02. The van der Waals surface area contributed by atoms with Gasteiger partial charge in [-0.05, 0) is 32.1 Å². The molecule has 2 rings (SSSR count). The summed E-state index contributed by atoms with van der Waals surface area (Å²) in [7, 11) is 1.94. The van der Waals surface area contributed by atoms with E-state index < -0.39 is 0 Å². The standard InChI is InChI=1S/C13H17N3OS/c1-14-9-5-8-13-15-12(16-17-13)10-18-11-6-3-2-4-7-11/h2-4,6-7,14H,5,8-10H2,1H3. The molecule has 0 spiro atoms. The van der Waals surface area contributed by atoms with E-state index in [1.165, 1.54) is 4.90 Å². The van der Waals surface area contributed by atoms with Crippen molar-refractivity contribution in [3.63, 3.8) is 0 Å². The van der Waals surface area contributed by atoms with Gasteiger partial charge in [0, 0.05) is 11.3 Å². The summed E-state index contributed by atoms with van der Waals surface area (Å²) >= 11 is 1.72. The summed E-state index contributed by atoms with van der Waals surface area (Å²) in [6.07, 6.45) is 1.85. The van der Waals surface area contributed by atoms with E-state index in [0.717, 1.165) is 36.9 Å². The predicted octanol–water partition coefficient (Wildman–Crippen LogP) is 2.51. The van der Waals surface area contributed by atoms with E-state index in [-0.39, 0.29) is 0 Å². The predicted molar refractivity (Wildman–Crippen MR) is 72.5 cm³/mol. The molecular weight excluding hydrogens is 246 g/mol. The lowest BCUT2D eigenvalue weighted by molar-refractivity contribution is 0.371. The molecule has 1 N–H and O–H groups in total. The van der Waals surface area contributed by atoms with Gasteiger partial charge in [0.1, 0.15) is 0 Å². The molecule has 0 bridgehead atoms. The van der Waals surface area contributed by atoms with Crippen molar-refractivity contribution in [1.29, 1.82) is 0 Å². The number of rotatable bonds is 7. The zero-order valence-electron chi connectivity index (χ0n) is 10.4. The van der Waals surface area contributed by atoms with Gasteiger partial charge in [-0.1, -0.05) is 23.4 Å². The van der Waals surface area contributed by atoms with E-state index in [2.05, 4.69) is 27.6 Å². The zero-order chi connectivity index (χ0) is 12.6. The number of aryl methyl sites for hydroxylation is 1. The molecule has 0 saturated heterocycles. The minimum absolute atomic E-state index is 0.730.